The first-order chi connectivity index (χ1) is 14.5. The summed E-state index contributed by atoms with van der Waals surface area (Å²) in [5.74, 6) is 0.102. The van der Waals surface area contributed by atoms with Crippen molar-refractivity contribution in [1.82, 2.24) is 14.5 Å². The number of carbonyl (C=O) groups is 1. The van der Waals surface area contributed by atoms with E-state index in [-0.39, 0.29) is 5.56 Å². The van der Waals surface area contributed by atoms with Gasteiger partial charge >= 0.3 is 5.97 Å². The number of hydrogen-bond acceptors (Lipinski definition) is 6. The van der Waals surface area contributed by atoms with Gasteiger partial charge in [-0.2, -0.15) is 0 Å². The summed E-state index contributed by atoms with van der Waals surface area (Å²) in [5, 5.41) is 1.04. The molecule has 0 bridgehead atoms. The number of hydrogen-bond donors (Lipinski definition) is 0. The first kappa shape index (κ1) is 20.4. The number of anilines is 1. The lowest BCUT2D eigenvalue weighted by Gasteiger charge is -2.25. The number of ether oxygens (including phenoxy) is 1. The average Bonchev–Trinajstić information content (AvgIpc) is 2.98. The lowest BCUT2D eigenvalue weighted by atomic mass is 10.1. The fourth-order valence-electron chi connectivity index (χ4n) is 3.70. The van der Waals surface area contributed by atoms with Crippen LogP contribution in [0.2, 0.25) is 5.02 Å². The quantitative estimate of drug-likeness (QED) is 0.600. The molecule has 0 unspecified atom stereocenters. The summed E-state index contributed by atoms with van der Waals surface area (Å²) in [4.78, 5) is 34.7. The average molecular weight is 427 g/mol. The first-order valence-electron chi connectivity index (χ1n) is 9.82. The van der Waals surface area contributed by atoms with Crippen molar-refractivity contribution in [3.8, 4) is 5.69 Å². The van der Waals surface area contributed by atoms with Crippen LogP contribution in [0.25, 0.3) is 16.6 Å². The van der Waals surface area contributed by atoms with Gasteiger partial charge in [-0.05, 0) is 62.5 Å². The monoisotopic (exact) mass is 426 g/mol. The van der Waals surface area contributed by atoms with Crippen LogP contribution in [0.1, 0.15) is 16.8 Å². The van der Waals surface area contributed by atoms with Crippen LogP contribution in [0.4, 0.5) is 5.95 Å². The highest BCUT2D eigenvalue weighted by Crippen LogP contribution is 2.23. The molecule has 1 aromatic heterocycles. The number of esters is 1. The molecule has 1 aliphatic heterocycles. The van der Waals surface area contributed by atoms with Crippen molar-refractivity contribution >= 4 is 34.4 Å². The number of carbonyl (C=O) groups excluding carboxylic acids is 1. The molecule has 7 nitrogen and oxygen atoms in total. The zero-order valence-corrected chi connectivity index (χ0v) is 17.7. The number of methoxy groups -OCH3 is 1. The van der Waals surface area contributed by atoms with Gasteiger partial charge in [0, 0.05) is 24.7 Å². The lowest BCUT2D eigenvalue weighted by molar-refractivity contribution is 0.0601. The Morgan fingerprint density at radius 3 is 2.57 bits per heavy atom. The zero-order chi connectivity index (χ0) is 21.3. The van der Waals surface area contributed by atoms with Crippen molar-refractivity contribution in [3.05, 3.63) is 63.4 Å². The molecule has 2 heterocycles. The molecule has 3 aromatic rings. The molecule has 1 saturated heterocycles. The molecule has 0 aliphatic carbocycles. The minimum absolute atomic E-state index is 0.189. The van der Waals surface area contributed by atoms with Crippen LogP contribution in [0.3, 0.4) is 0 Å². The molecular weight excluding hydrogens is 404 g/mol. The Balaban J connectivity index is 1.94. The molecule has 0 amide bonds. The Kier molecular flexibility index (Phi) is 5.74. The third-order valence-corrected chi connectivity index (χ3v) is 5.61. The van der Waals surface area contributed by atoms with Crippen molar-refractivity contribution in [2.45, 2.75) is 6.42 Å². The first-order valence-corrected chi connectivity index (χ1v) is 10.2. The van der Waals surface area contributed by atoms with Crippen molar-refractivity contribution in [2.24, 2.45) is 0 Å². The fourth-order valence-corrected chi connectivity index (χ4v) is 3.83. The summed E-state index contributed by atoms with van der Waals surface area (Å²) in [6.45, 7) is 3.39. The molecule has 4 rings (SSSR count). The molecule has 0 N–H and O–H groups in total. The van der Waals surface area contributed by atoms with Gasteiger partial charge < -0.3 is 14.5 Å². The molecule has 156 valence electrons. The van der Waals surface area contributed by atoms with Gasteiger partial charge in [0.1, 0.15) is 0 Å². The van der Waals surface area contributed by atoms with E-state index in [1.807, 2.05) is 12.1 Å². The van der Waals surface area contributed by atoms with Crippen LogP contribution in [0, 0.1) is 0 Å². The molecule has 0 radical (unpaired) electrons. The topological polar surface area (TPSA) is 67.7 Å². The van der Waals surface area contributed by atoms with Crippen LogP contribution in [0.5, 0.6) is 0 Å². The molecule has 1 aliphatic rings. The van der Waals surface area contributed by atoms with Crippen molar-refractivity contribution in [3.63, 3.8) is 0 Å². The lowest BCUT2D eigenvalue weighted by Crippen LogP contribution is -2.35. The maximum atomic E-state index is 13.5. The predicted octanol–water partition coefficient (Wildman–Crippen LogP) is 2.97. The largest absolute Gasteiger partial charge is 0.465 e. The molecule has 0 atom stereocenters. The molecule has 0 spiro atoms. The number of benzene rings is 2. The Morgan fingerprint density at radius 2 is 1.83 bits per heavy atom. The highest BCUT2D eigenvalue weighted by molar-refractivity contribution is 6.30. The van der Waals surface area contributed by atoms with E-state index in [2.05, 4.69) is 16.8 Å². The van der Waals surface area contributed by atoms with E-state index in [0.29, 0.717) is 33.1 Å². The fraction of sp³-hybridized carbons (Fsp3) is 0.318. The Hall–Kier alpha value is -2.90. The Morgan fingerprint density at radius 1 is 1.07 bits per heavy atom. The number of rotatable bonds is 3. The van der Waals surface area contributed by atoms with Gasteiger partial charge in [-0.3, -0.25) is 4.79 Å². The van der Waals surface area contributed by atoms with Gasteiger partial charge in [-0.15, -0.1) is 0 Å². The number of halogens is 1. The van der Waals surface area contributed by atoms with Gasteiger partial charge in [0.15, 0.2) is 0 Å². The van der Waals surface area contributed by atoms with E-state index in [1.54, 1.807) is 34.9 Å². The number of nitrogens with zero attached hydrogens (tertiary/aromatic N) is 4. The summed E-state index contributed by atoms with van der Waals surface area (Å²) >= 11 is 6.06. The summed E-state index contributed by atoms with van der Waals surface area (Å²) in [5.41, 5.74) is 1.35. The second kappa shape index (κ2) is 8.45. The third kappa shape index (κ3) is 3.91. The van der Waals surface area contributed by atoms with Crippen molar-refractivity contribution in [1.29, 1.82) is 0 Å². The minimum atomic E-state index is -0.460. The summed E-state index contributed by atoms with van der Waals surface area (Å²) in [6, 6.07) is 12.0. The SMILES string of the molecule is COC(=O)c1ccc2c(=O)n(-c3ccc(Cl)cc3)c(N3CCCN(C)CC3)nc2c1. The van der Waals surface area contributed by atoms with Gasteiger partial charge in [0.2, 0.25) is 5.95 Å². The van der Waals surface area contributed by atoms with Gasteiger partial charge in [-0.25, -0.2) is 14.3 Å². The van der Waals surface area contributed by atoms with Crippen molar-refractivity contribution < 1.29 is 9.53 Å². The van der Waals surface area contributed by atoms with E-state index < -0.39 is 5.97 Å². The second-order valence-corrected chi connectivity index (χ2v) is 7.83. The minimum Gasteiger partial charge on any atom is -0.465 e. The van der Waals surface area contributed by atoms with E-state index in [0.717, 1.165) is 32.6 Å². The van der Waals surface area contributed by atoms with Gasteiger partial charge in [0.05, 0.1) is 29.3 Å². The number of fused-ring (bicyclic) bond motifs is 1. The Labute approximate surface area is 179 Å². The summed E-state index contributed by atoms with van der Waals surface area (Å²) in [7, 11) is 3.42. The van der Waals surface area contributed by atoms with Crippen LogP contribution in [0.15, 0.2) is 47.3 Å². The van der Waals surface area contributed by atoms with E-state index in [9.17, 15) is 9.59 Å². The molecule has 1 fully saturated rings. The predicted molar refractivity (Wildman–Crippen MR) is 118 cm³/mol. The second-order valence-electron chi connectivity index (χ2n) is 7.40. The van der Waals surface area contributed by atoms with Crippen LogP contribution in [-0.4, -0.2) is 60.8 Å². The number of aromatic nitrogens is 2. The summed E-state index contributed by atoms with van der Waals surface area (Å²) < 4.78 is 6.44. The van der Waals surface area contributed by atoms with Crippen LogP contribution in [-0.2, 0) is 4.74 Å². The molecule has 8 heteroatoms. The highest BCUT2D eigenvalue weighted by Gasteiger charge is 2.21. The van der Waals surface area contributed by atoms with Crippen LogP contribution < -0.4 is 10.5 Å². The van der Waals surface area contributed by atoms with Crippen LogP contribution >= 0.6 is 11.6 Å². The molecule has 2 aromatic carbocycles. The van der Waals surface area contributed by atoms with E-state index in [4.69, 9.17) is 21.3 Å². The molecular formula is C22H23ClN4O3. The molecule has 30 heavy (non-hydrogen) atoms. The summed E-state index contributed by atoms with van der Waals surface area (Å²) in [6.07, 6.45) is 0.966. The third-order valence-electron chi connectivity index (χ3n) is 5.36. The highest BCUT2D eigenvalue weighted by atomic mass is 35.5. The maximum absolute atomic E-state index is 13.5. The van der Waals surface area contributed by atoms with Gasteiger partial charge in [-0.1, -0.05) is 11.6 Å². The standard InChI is InChI=1S/C22H23ClN4O3/c1-25-10-3-11-26(13-12-25)22-24-19-14-15(21(29)30-2)4-9-18(19)20(28)27(22)17-7-5-16(23)6-8-17/h4-9,14H,3,10-13H2,1-2H3. The number of likely N-dealkylation sites (N-methyl/N-ethyl adjacent to an activating group) is 1. The zero-order valence-electron chi connectivity index (χ0n) is 17.0. The van der Waals surface area contributed by atoms with E-state index in [1.165, 1.54) is 7.11 Å². The smallest absolute Gasteiger partial charge is 0.337 e. The van der Waals surface area contributed by atoms with Crippen molar-refractivity contribution in [2.75, 3.05) is 45.2 Å². The Bertz CT molecular complexity index is 1140. The normalized spacial score (nSPS) is 15.2. The van der Waals surface area contributed by atoms with E-state index >= 15 is 0 Å². The maximum Gasteiger partial charge on any atom is 0.337 e. The molecule has 0 saturated carbocycles. The van der Waals surface area contributed by atoms with Gasteiger partial charge in [0.25, 0.3) is 5.56 Å².